The Bertz CT molecular complexity index is 605. The second-order valence-corrected chi connectivity index (χ2v) is 5.86. The number of nitro groups is 1. The smallest absolute Gasteiger partial charge is 0.278 e. The lowest BCUT2D eigenvalue weighted by Crippen LogP contribution is -2.14. The Morgan fingerprint density at radius 2 is 2.05 bits per heavy atom. The van der Waals surface area contributed by atoms with Crippen molar-refractivity contribution in [2.75, 3.05) is 0 Å². The number of hydrogen-bond donors (Lipinski definition) is 1. The number of para-hydroxylation sites is 1. The van der Waals surface area contributed by atoms with E-state index in [1.54, 1.807) is 23.5 Å². The molecule has 3 rings (SSSR count). The number of thiophene rings is 1. The maximum Gasteiger partial charge on any atom is 0.278 e. The summed E-state index contributed by atoms with van der Waals surface area (Å²) >= 11 is 1.62. The van der Waals surface area contributed by atoms with E-state index in [4.69, 9.17) is 0 Å². The molecule has 5 heteroatoms. The first kappa shape index (κ1) is 12.3. The summed E-state index contributed by atoms with van der Waals surface area (Å²) in [6, 6.07) is 11.6. The Morgan fingerprint density at radius 3 is 2.79 bits per heavy atom. The Hall–Kier alpha value is -1.72. The van der Waals surface area contributed by atoms with E-state index in [1.807, 2.05) is 24.3 Å². The minimum Gasteiger partial charge on any atom is -0.309 e. The summed E-state index contributed by atoms with van der Waals surface area (Å²) in [4.78, 5) is 12.9. The first-order valence-corrected chi connectivity index (χ1v) is 7.11. The standard InChI is InChI=1S/C14H14N2O2S/c17-16(18)13-4-2-1-3-12(13)14-8-7-11(19-14)9-15-10-5-6-10/h1-4,7-8,10,15H,5-6,9H2. The van der Waals surface area contributed by atoms with Gasteiger partial charge in [-0.15, -0.1) is 11.3 Å². The summed E-state index contributed by atoms with van der Waals surface area (Å²) < 4.78 is 0. The number of rotatable bonds is 5. The predicted octanol–water partition coefficient (Wildman–Crippen LogP) is 3.58. The van der Waals surface area contributed by atoms with Gasteiger partial charge in [-0.05, 0) is 31.0 Å². The normalized spacial score (nSPS) is 14.5. The molecular weight excluding hydrogens is 260 g/mol. The monoisotopic (exact) mass is 274 g/mol. The average Bonchev–Trinajstić information content (AvgIpc) is 3.13. The summed E-state index contributed by atoms with van der Waals surface area (Å²) in [6.07, 6.45) is 2.53. The molecule has 0 atom stereocenters. The zero-order valence-corrected chi connectivity index (χ0v) is 11.2. The summed E-state index contributed by atoms with van der Waals surface area (Å²) in [5.41, 5.74) is 0.876. The first-order chi connectivity index (χ1) is 9.24. The molecule has 1 N–H and O–H groups in total. The van der Waals surface area contributed by atoms with Gasteiger partial charge in [0.1, 0.15) is 0 Å². The summed E-state index contributed by atoms with van der Waals surface area (Å²) in [7, 11) is 0. The molecule has 0 saturated heterocycles. The molecule has 0 aliphatic heterocycles. The van der Waals surface area contributed by atoms with Crippen LogP contribution in [0.25, 0.3) is 10.4 Å². The van der Waals surface area contributed by atoms with Crippen molar-refractivity contribution in [2.45, 2.75) is 25.4 Å². The third kappa shape index (κ3) is 2.83. The topological polar surface area (TPSA) is 55.2 Å². The van der Waals surface area contributed by atoms with E-state index in [0.717, 1.165) is 11.4 Å². The highest BCUT2D eigenvalue weighted by Gasteiger charge is 2.20. The molecular formula is C14H14N2O2S. The molecule has 0 unspecified atom stereocenters. The van der Waals surface area contributed by atoms with E-state index >= 15 is 0 Å². The van der Waals surface area contributed by atoms with Gasteiger partial charge in [-0.1, -0.05) is 12.1 Å². The van der Waals surface area contributed by atoms with Gasteiger partial charge in [0.05, 0.1) is 10.5 Å². The number of hydrogen-bond acceptors (Lipinski definition) is 4. The van der Waals surface area contributed by atoms with Gasteiger partial charge < -0.3 is 5.32 Å². The van der Waals surface area contributed by atoms with Crippen LogP contribution in [0.5, 0.6) is 0 Å². The van der Waals surface area contributed by atoms with Crippen LogP contribution in [0.4, 0.5) is 5.69 Å². The molecule has 1 aliphatic rings. The zero-order valence-electron chi connectivity index (χ0n) is 10.3. The highest BCUT2D eigenvalue weighted by atomic mass is 32.1. The summed E-state index contributed by atoms with van der Waals surface area (Å²) in [5.74, 6) is 0. The SMILES string of the molecule is O=[N+]([O-])c1ccccc1-c1ccc(CNC2CC2)s1. The third-order valence-corrected chi connectivity index (χ3v) is 4.29. The molecule has 1 aromatic heterocycles. The lowest BCUT2D eigenvalue weighted by molar-refractivity contribution is -0.384. The lowest BCUT2D eigenvalue weighted by atomic mass is 10.1. The molecule has 0 amide bonds. The quantitative estimate of drug-likeness (QED) is 0.669. The van der Waals surface area contributed by atoms with Crippen LogP contribution in [0.15, 0.2) is 36.4 Å². The lowest BCUT2D eigenvalue weighted by Gasteiger charge is -2.00. The van der Waals surface area contributed by atoms with Crippen molar-refractivity contribution in [3.05, 3.63) is 51.4 Å². The predicted molar refractivity (Wildman–Crippen MR) is 76.3 cm³/mol. The second kappa shape index (κ2) is 5.11. The van der Waals surface area contributed by atoms with Crippen molar-refractivity contribution in [1.82, 2.24) is 5.32 Å². The molecule has 1 saturated carbocycles. The number of nitrogens with one attached hydrogen (secondary N) is 1. The Labute approximate surface area is 115 Å². The van der Waals surface area contributed by atoms with E-state index < -0.39 is 0 Å². The Kier molecular flexibility index (Phi) is 3.31. The Balaban J connectivity index is 1.83. The van der Waals surface area contributed by atoms with Crippen LogP contribution in [0.3, 0.4) is 0 Å². The van der Waals surface area contributed by atoms with E-state index in [2.05, 4.69) is 5.32 Å². The van der Waals surface area contributed by atoms with Crippen LogP contribution in [0.2, 0.25) is 0 Å². The van der Waals surface area contributed by atoms with Gasteiger partial charge >= 0.3 is 0 Å². The van der Waals surface area contributed by atoms with Crippen molar-refractivity contribution in [3.8, 4) is 10.4 Å². The Morgan fingerprint density at radius 1 is 1.26 bits per heavy atom. The van der Waals surface area contributed by atoms with Gasteiger partial charge in [0.15, 0.2) is 0 Å². The summed E-state index contributed by atoms with van der Waals surface area (Å²) in [6.45, 7) is 0.857. The van der Waals surface area contributed by atoms with Crippen LogP contribution in [0, 0.1) is 10.1 Å². The summed E-state index contributed by atoms with van der Waals surface area (Å²) in [5, 5.41) is 14.5. The molecule has 4 nitrogen and oxygen atoms in total. The van der Waals surface area contributed by atoms with E-state index in [9.17, 15) is 10.1 Å². The van der Waals surface area contributed by atoms with Crippen LogP contribution in [0.1, 0.15) is 17.7 Å². The number of benzene rings is 1. The minimum absolute atomic E-state index is 0.172. The fraction of sp³-hybridized carbons (Fsp3) is 0.286. The number of nitrogens with zero attached hydrogens (tertiary/aromatic N) is 1. The van der Waals surface area contributed by atoms with Gasteiger partial charge in [0, 0.05) is 28.4 Å². The maximum atomic E-state index is 11.0. The highest BCUT2D eigenvalue weighted by molar-refractivity contribution is 7.15. The van der Waals surface area contributed by atoms with Gasteiger partial charge in [-0.3, -0.25) is 10.1 Å². The second-order valence-electron chi connectivity index (χ2n) is 4.70. The molecule has 2 aromatic rings. The third-order valence-electron chi connectivity index (χ3n) is 3.17. The fourth-order valence-electron chi connectivity index (χ4n) is 1.99. The van der Waals surface area contributed by atoms with Crippen LogP contribution < -0.4 is 5.32 Å². The molecule has 98 valence electrons. The number of nitro benzene ring substituents is 1. The van der Waals surface area contributed by atoms with Gasteiger partial charge in [-0.2, -0.15) is 0 Å². The molecule has 19 heavy (non-hydrogen) atoms. The largest absolute Gasteiger partial charge is 0.309 e. The first-order valence-electron chi connectivity index (χ1n) is 6.30. The van der Waals surface area contributed by atoms with Gasteiger partial charge in [0.25, 0.3) is 5.69 Å². The van der Waals surface area contributed by atoms with Crippen molar-refractivity contribution < 1.29 is 4.92 Å². The van der Waals surface area contributed by atoms with Crippen molar-refractivity contribution >= 4 is 17.0 Å². The zero-order chi connectivity index (χ0) is 13.2. The maximum absolute atomic E-state index is 11.0. The molecule has 1 aliphatic carbocycles. The van der Waals surface area contributed by atoms with Crippen molar-refractivity contribution in [3.63, 3.8) is 0 Å². The fourth-order valence-corrected chi connectivity index (χ4v) is 2.98. The molecule has 0 spiro atoms. The van der Waals surface area contributed by atoms with Crippen molar-refractivity contribution in [1.29, 1.82) is 0 Å². The van der Waals surface area contributed by atoms with E-state index in [-0.39, 0.29) is 10.6 Å². The average molecular weight is 274 g/mol. The highest BCUT2D eigenvalue weighted by Crippen LogP contribution is 2.34. The van der Waals surface area contributed by atoms with E-state index in [1.165, 1.54) is 17.7 Å². The molecule has 0 bridgehead atoms. The van der Waals surface area contributed by atoms with Gasteiger partial charge in [-0.25, -0.2) is 0 Å². The van der Waals surface area contributed by atoms with Crippen LogP contribution >= 0.6 is 11.3 Å². The van der Waals surface area contributed by atoms with Crippen LogP contribution in [-0.2, 0) is 6.54 Å². The molecule has 1 fully saturated rings. The molecule has 0 radical (unpaired) electrons. The molecule has 1 heterocycles. The van der Waals surface area contributed by atoms with Crippen molar-refractivity contribution in [2.24, 2.45) is 0 Å². The molecule has 1 aromatic carbocycles. The van der Waals surface area contributed by atoms with E-state index in [0.29, 0.717) is 11.6 Å². The van der Waals surface area contributed by atoms with Gasteiger partial charge in [0.2, 0.25) is 0 Å². The minimum atomic E-state index is -0.322. The van der Waals surface area contributed by atoms with Crippen LogP contribution in [-0.4, -0.2) is 11.0 Å².